The summed E-state index contributed by atoms with van der Waals surface area (Å²) >= 11 is 0. The molecule has 3 heteroatoms. The lowest BCUT2D eigenvalue weighted by atomic mass is 9.90. The fourth-order valence-electron chi connectivity index (χ4n) is 3.18. The van der Waals surface area contributed by atoms with Gasteiger partial charge in [0.05, 0.1) is 7.11 Å². The van der Waals surface area contributed by atoms with Crippen LogP contribution in [0.2, 0.25) is 0 Å². The zero-order valence-corrected chi connectivity index (χ0v) is 13.0. The smallest absolute Gasteiger partial charge is 0.253 e. The predicted octanol–water partition coefficient (Wildman–Crippen LogP) is 3.57. The fourth-order valence-corrected chi connectivity index (χ4v) is 3.18. The van der Waals surface area contributed by atoms with Crippen LogP contribution in [0.25, 0.3) is 0 Å². The number of hydrogen-bond donors (Lipinski definition) is 0. The van der Waals surface area contributed by atoms with Crippen LogP contribution in [0.1, 0.15) is 28.8 Å². The van der Waals surface area contributed by atoms with Gasteiger partial charge < -0.3 is 9.64 Å². The summed E-state index contributed by atoms with van der Waals surface area (Å²) in [5, 5.41) is 0. The van der Waals surface area contributed by atoms with E-state index in [4.69, 9.17) is 4.74 Å². The number of likely N-dealkylation sites (tertiary alicyclic amines) is 1. The molecule has 0 radical (unpaired) electrons. The highest BCUT2D eigenvalue weighted by Crippen LogP contribution is 2.33. The largest absolute Gasteiger partial charge is 0.497 e. The van der Waals surface area contributed by atoms with Crippen molar-refractivity contribution in [3.63, 3.8) is 0 Å². The van der Waals surface area contributed by atoms with Gasteiger partial charge in [-0.3, -0.25) is 4.79 Å². The molecule has 3 rings (SSSR count). The Labute approximate surface area is 131 Å². The third-order valence-electron chi connectivity index (χ3n) is 4.46. The van der Waals surface area contributed by atoms with E-state index >= 15 is 0 Å². The number of hydrogen-bond acceptors (Lipinski definition) is 2. The second kappa shape index (κ2) is 6.22. The Morgan fingerprint density at radius 1 is 1.05 bits per heavy atom. The van der Waals surface area contributed by atoms with Crippen molar-refractivity contribution in [1.29, 1.82) is 0 Å². The average molecular weight is 295 g/mol. The third-order valence-corrected chi connectivity index (χ3v) is 4.46. The maximum Gasteiger partial charge on any atom is 0.253 e. The van der Waals surface area contributed by atoms with E-state index in [-0.39, 0.29) is 5.91 Å². The Balaban J connectivity index is 1.74. The molecule has 22 heavy (non-hydrogen) atoms. The molecule has 2 unspecified atom stereocenters. The first kappa shape index (κ1) is 14.6. The van der Waals surface area contributed by atoms with Gasteiger partial charge in [-0.25, -0.2) is 0 Å². The number of rotatable bonds is 3. The van der Waals surface area contributed by atoms with E-state index < -0.39 is 0 Å². The molecule has 1 fully saturated rings. The van der Waals surface area contributed by atoms with Crippen LogP contribution in [0.4, 0.5) is 0 Å². The van der Waals surface area contributed by atoms with Crippen LogP contribution < -0.4 is 4.74 Å². The quantitative estimate of drug-likeness (QED) is 0.866. The summed E-state index contributed by atoms with van der Waals surface area (Å²) in [5.41, 5.74) is 2.04. The Morgan fingerprint density at radius 3 is 2.36 bits per heavy atom. The van der Waals surface area contributed by atoms with Crippen molar-refractivity contribution in [2.75, 3.05) is 20.2 Å². The molecule has 0 saturated carbocycles. The van der Waals surface area contributed by atoms with E-state index in [9.17, 15) is 4.79 Å². The van der Waals surface area contributed by atoms with Gasteiger partial charge in [-0.2, -0.15) is 0 Å². The van der Waals surface area contributed by atoms with Gasteiger partial charge in [-0.1, -0.05) is 37.3 Å². The second-order valence-corrected chi connectivity index (χ2v) is 5.93. The molecule has 1 amide bonds. The molecule has 114 valence electrons. The minimum absolute atomic E-state index is 0.105. The Morgan fingerprint density at radius 2 is 1.73 bits per heavy atom. The molecular weight excluding hydrogens is 274 g/mol. The summed E-state index contributed by atoms with van der Waals surface area (Å²) in [6.45, 7) is 3.82. The molecular formula is C19H21NO2. The van der Waals surface area contributed by atoms with Gasteiger partial charge in [-0.05, 0) is 35.7 Å². The van der Waals surface area contributed by atoms with Gasteiger partial charge in [-0.15, -0.1) is 0 Å². The number of carbonyl (C=O) groups excluding carboxylic acids is 1. The van der Waals surface area contributed by atoms with Crippen molar-refractivity contribution < 1.29 is 9.53 Å². The summed E-state index contributed by atoms with van der Waals surface area (Å²) in [4.78, 5) is 14.6. The number of carbonyl (C=O) groups is 1. The fraction of sp³-hybridized carbons (Fsp3) is 0.316. The third kappa shape index (κ3) is 2.84. The highest BCUT2D eigenvalue weighted by atomic mass is 16.5. The van der Waals surface area contributed by atoms with Crippen molar-refractivity contribution in [3.8, 4) is 5.75 Å². The molecule has 3 nitrogen and oxygen atoms in total. The summed E-state index contributed by atoms with van der Waals surface area (Å²) in [6.07, 6.45) is 0. The molecule has 0 spiro atoms. The molecule has 1 saturated heterocycles. The van der Waals surface area contributed by atoms with Crippen LogP contribution in [0, 0.1) is 5.92 Å². The number of benzene rings is 2. The van der Waals surface area contributed by atoms with Crippen molar-refractivity contribution in [3.05, 3.63) is 65.7 Å². The first-order valence-electron chi connectivity index (χ1n) is 7.67. The molecule has 2 aromatic carbocycles. The van der Waals surface area contributed by atoms with E-state index in [0.29, 0.717) is 11.8 Å². The van der Waals surface area contributed by atoms with Crippen molar-refractivity contribution in [2.45, 2.75) is 12.8 Å². The monoisotopic (exact) mass is 295 g/mol. The van der Waals surface area contributed by atoms with Crippen LogP contribution in [-0.2, 0) is 0 Å². The average Bonchev–Trinajstić information content (AvgIpc) is 2.97. The van der Waals surface area contributed by atoms with Crippen LogP contribution in [0.5, 0.6) is 5.75 Å². The summed E-state index contributed by atoms with van der Waals surface area (Å²) < 4.78 is 5.14. The lowest BCUT2D eigenvalue weighted by Gasteiger charge is -2.17. The second-order valence-electron chi connectivity index (χ2n) is 5.93. The molecule has 0 N–H and O–H groups in total. The molecule has 2 aromatic rings. The summed E-state index contributed by atoms with van der Waals surface area (Å²) in [5.74, 6) is 1.77. The maximum atomic E-state index is 12.7. The van der Waals surface area contributed by atoms with Crippen LogP contribution in [0.15, 0.2) is 54.6 Å². The molecule has 0 aliphatic carbocycles. The topological polar surface area (TPSA) is 29.5 Å². The van der Waals surface area contributed by atoms with E-state index in [1.165, 1.54) is 5.56 Å². The standard InChI is InChI=1S/C19H21NO2/c1-14-12-20(13-18(14)15-6-4-3-5-7-15)19(21)16-8-10-17(22-2)11-9-16/h3-11,14,18H,12-13H2,1-2H3. The lowest BCUT2D eigenvalue weighted by Crippen LogP contribution is -2.28. The molecule has 1 aliphatic heterocycles. The van der Waals surface area contributed by atoms with Crippen LogP contribution >= 0.6 is 0 Å². The van der Waals surface area contributed by atoms with E-state index in [1.54, 1.807) is 7.11 Å². The summed E-state index contributed by atoms with van der Waals surface area (Å²) in [6, 6.07) is 17.8. The van der Waals surface area contributed by atoms with E-state index in [0.717, 1.165) is 24.4 Å². The van der Waals surface area contributed by atoms with Gasteiger partial charge in [0.15, 0.2) is 0 Å². The van der Waals surface area contributed by atoms with Crippen LogP contribution in [-0.4, -0.2) is 31.0 Å². The van der Waals surface area contributed by atoms with Gasteiger partial charge in [0.1, 0.15) is 5.75 Å². The number of methoxy groups -OCH3 is 1. The van der Waals surface area contributed by atoms with Crippen LogP contribution in [0.3, 0.4) is 0 Å². The highest BCUT2D eigenvalue weighted by Gasteiger charge is 2.33. The number of amides is 1. The SMILES string of the molecule is COc1ccc(C(=O)N2CC(C)C(c3ccccc3)C2)cc1. The zero-order chi connectivity index (χ0) is 15.5. The number of ether oxygens (including phenoxy) is 1. The van der Waals surface area contributed by atoms with Gasteiger partial charge >= 0.3 is 0 Å². The first-order valence-corrected chi connectivity index (χ1v) is 7.67. The van der Waals surface area contributed by atoms with Gasteiger partial charge in [0.25, 0.3) is 5.91 Å². The molecule has 0 aromatic heterocycles. The maximum absolute atomic E-state index is 12.7. The molecule has 1 heterocycles. The Hall–Kier alpha value is -2.29. The first-order chi connectivity index (χ1) is 10.7. The molecule has 1 aliphatic rings. The predicted molar refractivity (Wildman–Crippen MR) is 87.2 cm³/mol. The van der Waals surface area contributed by atoms with E-state index in [2.05, 4.69) is 31.2 Å². The Bertz CT molecular complexity index is 636. The molecule has 2 atom stereocenters. The van der Waals surface area contributed by atoms with Crippen molar-refractivity contribution in [2.24, 2.45) is 5.92 Å². The minimum Gasteiger partial charge on any atom is -0.497 e. The van der Waals surface area contributed by atoms with E-state index in [1.807, 2.05) is 35.2 Å². The normalized spacial score (nSPS) is 20.9. The van der Waals surface area contributed by atoms with Crippen molar-refractivity contribution >= 4 is 5.91 Å². The lowest BCUT2D eigenvalue weighted by molar-refractivity contribution is 0.0787. The van der Waals surface area contributed by atoms with Gasteiger partial charge in [0, 0.05) is 24.6 Å². The highest BCUT2D eigenvalue weighted by molar-refractivity contribution is 5.94. The van der Waals surface area contributed by atoms with Crippen molar-refractivity contribution in [1.82, 2.24) is 4.90 Å². The Kier molecular flexibility index (Phi) is 4.14. The summed E-state index contributed by atoms with van der Waals surface area (Å²) in [7, 11) is 1.63. The number of nitrogens with zero attached hydrogens (tertiary/aromatic N) is 1. The van der Waals surface area contributed by atoms with Gasteiger partial charge in [0.2, 0.25) is 0 Å². The zero-order valence-electron chi connectivity index (χ0n) is 13.0. The minimum atomic E-state index is 0.105. The molecule has 0 bridgehead atoms.